The highest BCUT2D eigenvalue weighted by molar-refractivity contribution is 6.31. The SMILES string of the molecule is C=CCOC(=O)CCCC1=C2C=CC(=N2)/C(=C2/NC=CN2C)c2ccc([nH]2)C(CCCC(=O)OCC=C)=C2C=CC(=N2)C(CCCCCCC)=C2C=CC1=N2. The number of nitrogens with zero attached hydrogens (tertiary/aromatic N) is 4. The van der Waals surface area contributed by atoms with Gasteiger partial charge in [0.15, 0.2) is 0 Å². The summed E-state index contributed by atoms with van der Waals surface area (Å²) >= 11 is 0. The maximum absolute atomic E-state index is 12.5. The van der Waals surface area contributed by atoms with Crippen LogP contribution in [0.15, 0.2) is 135 Å². The number of carbonyl (C=O) groups is 2. The van der Waals surface area contributed by atoms with Gasteiger partial charge >= 0.3 is 11.9 Å². The van der Waals surface area contributed by atoms with E-state index in [0.29, 0.717) is 32.1 Å². The van der Waals surface area contributed by atoms with Crippen LogP contribution in [0.4, 0.5) is 0 Å². The number of aromatic nitrogens is 1. The van der Waals surface area contributed by atoms with Crippen molar-refractivity contribution in [2.24, 2.45) is 15.0 Å². The summed E-state index contributed by atoms with van der Waals surface area (Å²) in [4.78, 5) is 46.5. The number of esters is 2. The molecular weight excluding hydrogens is 689 g/mol. The molecule has 1 aromatic heterocycles. The molecular formula is C45H52N6O4. The zero-order valence-corrected chi connectivity index (χ0v) is 32.2. The maximum atomic E-state index is 12.5. The summed E-state index contributed by atoms with van der Waals surface area (Å²) in [6.45, 7) is 9.94. The minimum Gasteiger partial charge on any atom is -0.461 e. The first-order valence-corrected chi connectivity index (χ1v) is 19.5. The third-order valence-corrected chi connectivity index (χ3v) is 9.98. The summed E-state index contributed by atoms with van der Waals surface area (Å²) in [5, 5.41) is 3.42. The summed E-state index contributed by atoms with van der Waals surface area (Å²) in [6.07, 6.45) is 29.1. The number of hydrogen-bond donors (Lipinski definition) is 2. The van der Waals surface area contributed by atoms with Crippen molar-refractivity contribution in [1.82, 2.24) is 15.2 Å². The highest BCUT2D eigenvalue weighted by atomic mass is 16.5. The second kappa shape index (κ2) is 19.0. The molecule has 5 aliphatic rings. The molecule has 0 saturated carbocycles. The predicted molar refractivity (Wildman–Crippen MR) is 222 cm³/mol. The summed E-state index contributed by atoms with van der Waals surface area (Å²) in [7, 11) is 2.00. The lowest BCUT2D eigenvalue weighted by molar-refractivity contribution is -0.143. The Morgan fingerprint density at radius 2 is 1.22 bits per heavy atom. The van der Waals surface area contributed by atoms with E-state index in [2.05, 4.69) is 66.8 Å². The van der Waals surface area contributed by atoms with Gasteiger partial charge in [-0.2, -0.15) is 0 Å². The molecule has 286 valence electrons. The minimum atomic E-state index is -0.251. The van der Waals surface area contributed by atoms with Crippen LogP contribution in [0.5, 0.6) is 0 Å². The van der Waals surface area contributed by atoms with E-state index >= 15 is 0 Å². The van der Waals surface area contributed by atoms with Gasteiger partial charge in [-0.3, -0.25) is 9.59 Å². The van der Waals surface area contributed by atoms with Crippen LogP contribution >= 0.6 is 0 Å². The lowest BCUT2D eigenvalue weighted by Gasteiger charge is -2.17. The number of allylic oxidation sites excluding steroid dienone is 10. The van der Waals surface area contributed by atoms with Crippen molar-refractivity contribution < 1.29 is 19.1 Å². The van der Waals surface area contributed by atoms with Gasteiger partial charge in [0.05, 0.1) is 45.5 Å². The Hall–Kier alpha value is -5.77. The molecule has 0 atom stereocenters. The number of unbranched alkanes of at least 4 members (excludes halogenated alkanes) is 4. The Morgan fingerprint density at radius 1 is 0.691 bits per heavy atom. The van der Waals surface area contributed by atoms with Gasteiger partial charge in [-0.05, 0) is 87.1 Å². The van der Waals surface area contributed by atoms with Gasteiger partial charge in [0, 0.05) is 54.7 Å². The molecule has 55 heavy (non-hydrogen) atoms. The van der Waals surface area contributed by atoms with Gasteiger partial charge in [0.1, 0.15) is 19.0 Å². The van der Waals surface area contributed by atoms with Crippen LogP contribution in [-0.4, -0.2) is 59.2 Å². The zero-order chi connectivity index (χ0) is 38.6. The molecule has 2 N–H and O–H groups in total. The molecule has 0 unspecified atom stereocenters. The Balaban J connectivity index is 1.46. The highest BCUT2D eigenvalue weighted by Gasteiger charge is 2.27. The van der Waals surface area contributed by atoms with Crippen molar-refractivity contribution >= 4 is 40.2 Å². The fourth-order valence-corrected chi connectivity index (χ4v) is 7.17. The number of rotatable bonds is 18. The van der Waals surface area contributed by atoms with Crippen molar-refractivity contribution in [2.45, 2.75) is 84.0 Å². The summed E-state index contributed by atoms with van der Waals surface area (Å²) < 4.78 is 10.6. The molecule has 8 bridgehead atoms. The van der Waals surface area contributed by atoms with Crippen molar-refractivity contribution in [3.8, 4) is 0 Å². The Labute approximate surface area is 324 Å². The van der Waals surface area contributed by atoms with Crippen LogP contribution in [0.3, 0.4) is 0 Å². The fourth-order valence-electron chi connectivity index (χ4n) is 7.17. The number of aromatic amines is 1. The molecule has 10 nitrogen and oxygen atoms in total. The second-order valence-corrected chi connectivity index (χ2v) is 14.0. The van der Waals surface area contributed by atoms with Crippen LogP contribution in [-0.2, 0) is 19.1 Å². The van der Waals surface area contributed by atoms with E-state index in [1.807, 2.05) is 36.5 Å². The first-order chi connectivity index (χ1) is 26.9. The van der Waals surface area contributed by atoms with E-state index in [0.717, 1.165) is 93.0 Å². The van der Waals surface area contributed by atoms with Gasteiger partial charge in [-0.1, -0.05) is 57.9 Å². The highest BCUT2D eigenvalue weighted by Crippen LogP contribution is 2.36. The normalized spacial score (nSPS) is 18.3. The number of nitrogens with one attached hydrogen (secondary N) is 2. The molecule has 6 heterocycles. The quantitative estimate of drug-likeness (QED) is 0.0880. The van der Waals surface area contributed by atoms with Gasteiger partial charge in [0.25, 0.3) is 0 Å². The van der Waals surface area contributed by atoms with Crippen molar-refractivity contribution in [3.63, 3.8) is 0 Å². The monoisotopic (exact) mass is 740 g/mol. The third kappa shape index (κ3) is 9.67. The summed E-state index contributed by atoms with van der Waals surface area (Å²) in [5.74, 6) is 0.391. The second-order valence-electron chi connectivity index (χ2n) is 14.0. The zero-order valence-electron chi connectivity index (χ0n) is 32.2. The molecule has 0 radical (unpaired) electrons. The standard InChI is InChI=1S/C45H52N6O4/c1-5-8-9-10-11-14-31-34-19-21-36(47-34)32(15-12-17-42(52)54-29-6-2)38-23-25-40(49-38)44(45-46-27-28-51(45)4)41-26-24-39(50-41)33(37-22-20-35(31)48-37)16-13-18-43(53)55-30-7-3/h6-7,19-28,46,49H,2-3,5,8-18,29-30H2,1,4H3/b35-31?,36-32?,39-33?,45-44-. The first kappa shape index (κ1) is 38.9. The molecule has 0 aliphatic carbocycles. The van der Waals surface area contributed by atoms with E-state index in [1.54, 1.807) is 12.2 Å². The number of H-pyrrole nitrogens is 1. The van der Waals surface area contributed by atoms with E-state index in [1.165, 1.54) is 19.3 Å². The van der Waals surface area contributed by atoms with Crippen LogP contribution in [0.2, 0.25) is 0 Å². The Bertz CT molecular complexity index is 2040. The van der Waals surface area contributed by atoms with Crippen LogP contribution < -0.4 is 5.32 Å². The summed E-state index contributed by atoms with van der Waals surface area (Å²) in [6, 6.07) is 4.17. The van der Waals surface area contributed by atoms with Gasteiger partial charge in [-0.15, -0.1) is 0 Å². The molecule has 10 heteroatoms. The predicted octanol–water partition coefficient (Wildman–Crippen LogP) is 9.11. The number of aliphatic imine (C=N–C) groups is 3. The fraction of sp³-hybridized carbons (Fsp3) is 0.356. The minimum absolute atomic E-state index is 0.199. The number of hydrogen-bond acceptors (Lipinski definition) is 9. The number of carbonyl (C=O) groups excluding carboxylic acids is 2. The average Bonchev–Trinajstić information content (AvgIpc) is 4.04. The van der Waals surface area contributed by atoms with Crippen molar-refractivity contribution in [3.05, 3.63) is 132 Å². The number of fused-ring (bicyclic) bond motifs is 5. The van der Waals surface area contributed by atoms with Crippen LogP contribution in [0, 0.1) is 0 Å². The van der Waals surface area contributed by atoms with E-state index in [4.69, 9.17) is 24.5 Å². The molecule has 0 spiro atoms. The van der Waals surface area contributed by atoms with Crippen LogP contribution in [0.1, 0.15) is 95.4 Å². The smallest absolute Gasteiger partial charge is 0.306 e. The topological polar surface area (TPSA) is 121 Å². The van der Waals surface area contributed by atoms with Gasteiger partial charge < -0.3 is 24.7 Å². The molecule has 6 rings (SSSR count). The molecule has 0 amide bonds. The van der Waals surface area contributed by atoms with Crippen molar-refractivity contribution in [1.29, 1.82) is 0 Å². The first-order valence-electron chi connectivity index (χ1n) is 19.5. The lowest BCUT2D eigenvalue weighted by Crippen LogP contribution is -2.19. The molecule has 0 saturated heterocycles. The molecule has 0 fully saturated rings. The average molecular weight is 741 g/mol. The largest absolute Gasteiger partial charge is 0.461 e. The third-order valence-electron chi connectivity index (χ3n) is 9.98. The lowest BCUT2D eigenvalue weighted by atomic mass is 10.00. The summed E-state index contributed by atoms with van der Waals surface area (Å²) in [5.41, 5.74) is 10.9. The Morgan fingerprint density at radius 3 is 1.80 bits per heavy atom. The van der Waals surface area contributed by atoms with E-state index < -0.39 is 0 Å². The molecule has 1 aromatic rings. The molecule has 5 aliphatic heterocycles. The molecule has 0 aromatic carbocycles. The van der Waals surface area contributed by atoms with E-state index in [9.17, 15) is 9.59 Å². The maximum Gasteiger partial charge on any atom is 0.306 e. The number of ether oxygens (including phenoxy) is 2. The van der Waals surface area contributed by atoms with Gasteiger partial charge in [0.2, 0.25) is 0 Å². The Kier molecular flexibility index (Phi) is 13.5. The van der Waals surface area contributed by atoms with Crippen LogP contribution in [0.25, 0.3) is 11.1 Å². The van der Waals surface area contributed by atoms with Gasteiger partial charge in [-0.25, -0.2) is 15.0 Å². The van der Waals surface area contributed by atoms with Crippen molar-refractivity contribution in [2.75, 3.05) is 20.3 Å². The van der Waals surface area contributed by atoms with E-state index in [-0.39, 0.29) is 31.6 Å².